The Morgan fingerprint density at radius 2 is 1.67 bits per heavy atom. The third-order valence-electron chi connectivity index (χ3n) is 4.53. The van der Waals surface area contributed by atoms with Crippen LogP contribution in [0.2, 0.25) is 5.02 Å². The minimum atomic E-state index is -0.291. The predicted molar refractivity (Wildman–Crippen MR) is 103 cm³/mol. The summed E-state index contributed by atoms with van der Waals surface area (Å²) in [4.78, 5) is 28.1. The van der Waals surface area contributed by atoms with Crippen molar-refractivity contribution < 1.29 is 14.0 Å². The fourth-order valence-electron chi connectivity index (χ4n) is 3.00. The molecule has 1 N–H and O–H groups in total. The molecule has 1 saturated heterocycles. The molecule has 2 aromatic carbocycles. The van der Waals surface area contributed by atoms with E-state index < -0.39 is 0 Å². The summed E-state index contributed by atoms with van der Waals surface area (Å²) in [5, 5.41) is 3.43. The van der Waals surface area contributed by atoms with Crippen LogP contribution in [-0.4, -0.2) is 47.9 Å². The number of rotatable bonds is 4. The largest absolute Gasteiger partial charge is 0.339 e. The first-order valence-corrected chi connectivity index (χ1v) is 9.23. The summed E-state index contributed by atoms with van der Waals surface area (Å²) < 4.78 is 13.2. The second-order valence-electron chi connectivity index (χ2n) is 6.43. The van der Waals surface area contributed by atoms with Crippen molar-refractivity contribution in [2.24, 2.45) is 0 Å². The van der Waals surface area contributed by atoms with Gasteiger partial charge < -0.3 is 15.1 Å². The second kappa shape index (κ2) is 8.86. The van der Waals surface area contributed by atoms with E-state index in [-0.39, 0.29) is 17.8 Å². The lowest BCUT2D eigenvalue weighted by Crippen LogP contribution is -2.51. The van der Waals surface area contributed by atoms with E-state index in [0.29, 0.717) is 49.7 Å². The lowest BCUT2D eigenvalue weighted by Gasteiger charge is -2.34. The maximum atomic E-state index is 13.2. The molecule has 0 bridgehead atoms. The topological polar surface area (TPSA) is 52.7 Å². The normalized spacial score (nSPS) is 14.1. The molecule has 1 aliphatic rings. The van der Waals surface area contributed by atoms with Crippen LogP contribution in [0.4, 0.5) is 14.9 Å². The van der Waals surface area contributed by atoms with Gasteiger partial charge in [-0.2, -0.15) is 0 Å². The van der Waals surface area contributed by atoms with E-state index in [0.717, 1.165) is 5.56 Å². The molecule has 3 rings (SSSR count). The van der Waals surface area contributed by atoms with Crippen molar-refractivity contribution in [2.75, 3.05) is 31.5 Å². The van der Waals surface area contributed by atoms with Gasteiger partial charge in [0.15, 0.2) is 0 Å². The Balaban J connectivity index is 1.44. The van der Waals surface area contributed by atoms with E-state index in [2.05, 4.69) is 5.32 Å². The van der Waals surface area contributed by atoms with E-state index in [9.17, 15) is 14.0 Å². The number of hydrogen-bond acceptors (Lipinski definition) is 2. The van der Waals surface area contributed by atoms with Gasteiger partial charge in [0.25, 0.3) is 0 Å². The molecule has 1 fully saturated rings. The molecule has 1 heterocycles. The molecular weight excluding hydrogens is 369 g/mol. The third kappa shape index (κ3) is 5.44. The first kappa shape index (κ1) is 19.2. The number of benzene rings is 2. The monoisotopic (exact) mass is 389 g/mol. The fraction of sp³-hybridized carbons (Fsp3) is 0.300. The molecular formula is C20H21ClFN3O2. The van der Waals surface area contributed by atoms with E-state index in [4.69, 9.17) is 11.6 Å². The van der Waals surface area contributed by atoms with Crippen LogP contribution in [0, 0.1) is 5.82 Å². The highest BCUT2D eigenvalue weighted by Crippen LogP contribution is 2.15. The van der Waals surface area contributed by atoms with Gasteiger partial charge in [0.1, 0.15) is 5.82 Å². The van der Waals surface area contributed by atoms with Gasteiger partial charge in [-0.3, -0.25) is 4.79 Å². The number of aryl methyl sites for hydroxylation is 1. The van der Waals surface area contributed by atoms with Crippen LogP contribution in [0.25, 0.3) is 0 Å². The Morgan fingerprint density at radius 3 is 2.33 bits per heavy atom. The summed E-state index contributed by atoms with van der Waals surface area (Å²) in [6.45, 7) is 1.95. The average molecular weight is 390 g/mol. The van der Waals surface area contributed by atoms with Crippen LogP contribution < -0.4 is 5.32 Å². The summed E-state index contributed by atoms with van der Waals surface area (Å²) in [7, 11) is 0. The summed E-state index contributed by atoms with van der Waals surface area (Å²) in [6.07, 6.45) is 0.842. The molecule has 5 nitrogen and oxygen atoms in total. The highest BCUT2D eigenvalue weighted by Gasteiger charge is 2.24. The van der Waals surface area contributed by atoms with Gasteiger partial charge in [-0.15, -0.1) is 0 Å². The SMILES string of the molecule is O=C(CCc1cccc(F)c1)N1CCN(C(=O)Nc2ccc(Cl)cc2)CC1. The Bertz CT molecular complexity index is 805. The lowest BCUT2D eigenvalue weighted by molar-refractivity contribution is -0.132. The summed E-state index contributed by atoms with van der Waals surface area (Å²) in [5.74, 6) is -0.266. The van der Waals surface area contributed by atoms with Gasteiger partial charge in [0.2, 0.25) is 5.91 Å². The van der Waals surface area contributed by atoms with Crippen molar-refractivity contribution >= 4 is 29.2 Å². The molecule has 27 heavy (non-hydrogen) atoms. The molecule has 0 saturated carbocycles. The summed E-state index contributed by atoms with van der Waals surface area (Å²) in [6, 6.07) is 13.0. The number of nitrogens with one attached hydrogen (secondary N) is 1. The number of anilines is 1. The summed E-state index contributed by atoms with van der Waals surface area (Å²) in [5.41, 5.74) is 1.49. The highest BCUT2D eigenvalue weighted by atomic mass is 35.5. The number of hydrogen-bond donors (Lipinski definition) is 1. The molecule has 0 atom stereocenters. The molecule has 1 aliphatic heterocycles. The molecule has 142 valence electrons. The molecule has 0 spiro atoms. The molecule has 2 aromatic rings. The Labute approximate surface area is 162 Å². The maximum Gasteiger partial charge on any atom is 0.321 e. The fourth-order valence-corrected chi connectivity index (χ4v) is 3.12. The van der Waals surface area contributed by atoms with Crippen molar-refractivity contribution in [1.82, 2.24) is 9.80 Å². The van der Waals surface area contributed by atoms with Crippen LogP contribution in [0.5, 0.6) is 0 Å². The first-order chi connectivity index (χ1) is 13.0. The van der Waals surface area contributed by atoms with E-state index >= 15 is 0 Å². The maximum absolute atomic E-state index is 13.2. The van der Waals surface area contributed by atoms with Gasteiger partial charge in [-0.05, 0) is 48.4 Å². The van der Waals surface area contributed by atoms with Crippen molar-refractivity contribution in [3.8, 4) is 0 Å². The zero-order chi connectivity index (χ0) is 19.2. The standard InChI is InChI=1S/C20H21ClFN3O2/c21-16-5-7-18(8-6-16)23-20(27)25-12-10-24(11-13-25)19(26)9-4-15-2-1-3-17(22)14-15/h1-3,5-8,14H,4,9-13H2,(H,23,27). The van der Waals surface area contributed by atoms with Crippen LogP contribution in [0.1, 0.15) is 12.0 Å². The van der Waals surface area contributed by atoms with Gasteiger partial charge >= 0.3 is 6.03 Å². The number of amides is 3. The van der Waals surface area contributed by atoms with Gasteiger partial charge in [-0.1, -0.05) is 23.7 Å². The van der Waals surface area contributed by atoms with Crippen molar-refractivity contribution in [3.05, 3.63) is 64.9 Å². The Kier molecular flexibility index (Phi) is 6.29. The minimum absolute atomic E-state index is 0.0250. The van der Waals surface area contributed by atoms with Gasteiger partial charge in [0.05, 0.1) is 0 Å². The first-order valence-electron chi connectivity index (χ1n) is 8.85. The molecule has 7 heteroatoms. The van der Waals surface area contributed by atoms with Crippen molar-refractivity contribution in [2.45, 2.75) is 12.8 Å². The van der Waals surface area contributed by atoms with Crippen LogP contribution in [-0.2, 0) is 11.2 Å². The molecule has 0 aromatic heterocycles. The highest BCUT2D eigenvalue weighted by molar-refractivity contribution is 6.30. The average Bonchev–Trinajstić information content (AvgIpc) is 2.68. The van der Waals surface area contributed by atoms with Crippen molar-refractivity contribution in [1.29, 1.82) is 0 Å². The Hall–Kier alpha value is -2.60. The molecule has 3 amide bonds. The van der Waals surface area contributed by atoms with E-state index in [1.165, 1.54) is 12.1 Å². The zero-order valence-corrected chi connectivity index (χ0v) is 15.6. The van der Waals surface area contributed by atoms with E-state index in [1.54, 1.807) is 40.1 Å². The smallest absolute Gasteiger partial charge is 0.321 e. The number of piperazine rings is 1. The number of nitrogens with zero attached hydrogens (tertiary/aromatic N) is 2. The van der Waals surface area contributed by atoms with Gasteiger partial charge in [0, 0.05) is 43.3 Å². The number of halogens is 2. The van der Waals surface area contributed by atoms with Crippen LogP contribution in [0.15, 0.2) is 48.5 Å². The van der Waals surface area contributed by atoms with Gasteiger partial charge in [-0.25, -0.2) is 9.18 Å². The second-order valence-corrected chi connectivity index (χ2v) is 6.87. The predicted octanol–water partition coefficient (Wildman–Crippen LogP) is 3.79. The van der Waals surface area contributed by atoms with E-state index in [1.807, 2.05) is 6.07 Å². The number of carbonyl (C=O) groups is 2. The lowest BCUT2D eigenvalue weighted by atomic mass is 10.1. The summed E-state index contributed by atoms with van der Waals surface area (Å²) >= 11 is 5.84. The number of carbonyl (C=O) groups excluding carboxylic acids is 2. The van der Waals surface area contributed by atoms with Crippen molar-refractivity contribution in [3.63, 3.8) is 0 Å². The molecule has 0 aliphatic carbocycles. The Morgan fingerprint density at radius 1 is 1.00 bits per heavy atom. The minimum Gasteiger partial charge on any atom is -0.339 e. The quantitative estimate of drug-likeness (QED) is 0.865. The van der Waals surface area contributed by atoms with Crippen LogP contribution in [0.3, 0.4) is 0 Å². The molecule has 0 radical (unpaired) electrons. The molecule has 0 unspecified atom stereocenters. The number of urea groups is 1. The van der Waals surface area contributed by atoms with Crippen LogP contribution >= 0.6 is 11.6 Å². The zero-order valence-electron chi connectivity index (χ0n) is 14.8. The third-order valence-corrected chi connectivity index (χ3v) is 4.78.